The lowest BCUT2D eigenvalue weighted by Gasteiger charge is -2.31. The Balaban J connectivity index is 1.77. The van der Waals surface area contributed by atoms with Crippen molar-refractivity contribution in [2.45, 2.75) is 32.6 Å². The van der Waals surface area contributed by atoms with Gasteiger partial charge < -0.3 is 4.90 Å². The molecule has 0 bridgehead atoms. The van der Waals surface area contributed by atoms with E-state index in [2.05, 4.69) is 27.8 Å². The summed E-state index contributed by atoms with van der Waals surface area (Å²) in [7, 11) is 0. The molecule has 1 unspecified atom stereocenters. The molecule has 0 aromatic carbocycles. The van der Waals surface area contributed by atoms with E-state index in [1.165, 1.54) is 50.6 Å². The lowest BCUT2D eigenvalue weighted by molar-refractivity contribution is 0.193. The van der Waals surface area contributed by atoms with E-state index in [0.717, 1.165) is 5.92 Å². The van der Waals surface area contributed by atoms with Gasteiger partial charge in [0.1, 0.15) is 0 Å². The van der Waals surface area contributed by atoms with Crippen LogP contribution in [-0.4, -0.2) is 29.9 Å². The normalized spacial score (nSPS) is 36.5. The van der Waals surface area contributed by atoms with Crippen molar-refractivity contribution in [3.05, 3.63) is 0 Å². The van der Waals surface area contributed by atoms with E-state index in [4.69, 9.17) is 0 Å². The molecule has 2 fully saturated rings. The van der Waals surface area contributed by atoms with Gasteiger partial charge in [0.15, 0.2) is 0 Å². The fourth-order valence-corrected chi connectivity index (χ4v) is 2.89. The van der Waals surface area contributed by atoms with Crippen LogP contribution in [0.4, 0.5) is 0 Å². The monoisotopic (exact) mass is 245 g/mol. The third kappa shape index (κ3) is 2.27. The van der Waals surface area contributed by atoms with Crippen LogP contribution in [-0.2, 0) is 0 Å². The van der Waals surface area contributed by atoms with Gasteiger partial charge in [0.2, 0.25) is 0 Å². The standard InChI is InChI=1S/C11H20BrN/c1-11(8-12)5-6-13(9-11)7-10-3-2-4-10/h10H,2-9H2,1H3. The van der Waals surface area contributed by atoms with Crippen molar-refractivity contribution in [2.75, 3.05) is 25.0 Å². The lowest BCUT2D eigenvalue weighted by atomic mass is 9.85. The molecule has 2 heteroatoms. The molecular weight excluding hydrogens is 226 g/mol. The van der Waals surface area contributed by atoms with Crippen molar-refractivity contribution in [1.29, 1.82) is 0 Å². The summed E-state index contributed by atoms with van der Waals surface area (Å²) in [5.41, 5.74) is 0.559. The molecule has 1 heterocycles. The van der Waals surface area contributed by atoms with Gasteiger partial charge in [-0.3, -0.25) is 0 Å². The van der Waals surface area contributed by atoms with Crippen LogP contribution in [0.1, 0.15) is 32.6 Å². The van der Waals surface area contributed by atoms with Gasteiger partial charge in [0.25, 0.3) is 0 Å². The van der Waals surface area contributed by atoms with Crippen molar-refractivity contribution < 1.29 is 0 Å². The summed E-state index contributed by atoms with van der Waals surface area (Å²) in [5.74, 6) is 1.04. The Bertz CT molecular complexity index is 179. The van der Waals surface area contributed by atoms with Crippen molar-refractivity contribution in [3.63, 3.8) is 0 Å². The van der Waals surface area contributed by atoms with E-state index in [0.29, 0.717) is 5.41 Å². The zero-order valence-corrected chi connectivity index (χ0v) is 10.1. The highest BCUT2D eigenvalue weighted by atomic mass is 79.9. The summed E-state index contributed by atoms with van der Waals surface area (Å²) in [5, 5.41) is 1.17. The van der Waals surface area contributed by atoms with Gasteiger partial charge in [-0.05, 0) is 37.1 Å². The minimum Gasteiger partial charge on any atom is -0.302 e. The minimum atomic E-state index is 0.559. The third-order valence-corrected chi connectivity index (χ3v) is 5.05. The molecule has 0 radical (unpaired) electrons. The maximum atomic E-state index is 3.63. The molecular formula is C11H20BrN. The molecule has 13 heavy (non-hydrogen) atoms. The van der Waals surface area contributed by atoms with Crippen LogP contribution in [0.25, 0.3) is 0 Å². The summed E-state index contributed by atoms with van der Waals surface area (Å²) >= 11 is 3.63. The van der Waals surface area contributed by atoms with Crippen LogP contribution >= 0.6 is 15.9 Å². The molecule has 0 spiro atoms. The average Bonchev–Trinajstić information content (AvgIpc) is 2.42. The van der Waals surface area contributed by atoms with Gasteiger partial charge in [-0.25, -0.2) is 0 Å². The summed E-state index contributed by atoms with van der Waals surface area (Å²) in [6, 6.07) is 0. The Kier molecular flexibility index (Phi) is 2.99. The van der Waals surface area contributed by atoms with Crippen LogP contribution in [0.15, 0.2) is 0 Å². The minimum absolute atomic E-state index is 0.559. The van der Waals surface area contributed by atoms with Crippen molar-refractivity contribution in [3.8, 4) is 0 Å². The Morgan fingerprint density at radius 3 is 2.69 bits per heavy atom. The van der Waals surface area contributed by atoms with E-state index < -0.39 is 0 Å². The molecule has 0 amide bonds. The maximum absolute atomic E-state index is 3.63. The first kappa shape index (κ1) is 9.97. The van der Waals surface area contributed by atoms with Gasteiger partial charge >= 0.3 is 0 Å². The number of alkyl halides is 1. The Labute approximate surface area is 90.0 Å². The second-order valence-electron chi connectivity index (χ2n) is 5.23. The van der Waals surface area contributed by atoms with Crippen molar-refractivity contribution in [1.82, 2.24) is 4.90 Å². The molecule has 1 aliphatic carbocycles. The average molecular weight is 246 g/mol. The van der Waals surface area contributed by atoms with Crippen LogP contribution in [0, 0.1) is 11.3 Å². The van der Waals surface area contributed by atoms with Crippen LogP contribution < -0.4 is 0 Å². The smallest absolute Gasteiger partial charge is 0.00980 e. The third-order valence-electron chi connectivity index (χ3n) is 3.70. The molecule has 1 atom stereocenters. The number of rotatable bonds is 3. The maximum Gasteiger partial charge on any atom is 0.00980 e. The summed E-state index contributed by atoms with van der Waals surface area (Å²) in [6.45, 7) is 6.43. The predicted molar refractivity (Wildman–Crippen MR) is 60.3 cm³/mol. The van der Waals surface area contributed by atoms with Gasteiger partial charge in [-0.15, -0.1) is 0 Å². The number of nitrogens with zero attached hydrogens (tertiary/aromatic N) is 1. The second-order valence-corrected chi connectivity index (χ2v) is 5.79. The number of hydrogen-bond donors (Lipinski definition) is 0. The largest absolute Gasteiger partial charge is 0.302 e. The summed E-state index contributed by atoms with van der Waals surface area (Å²) in [4.78, 5) is 2.67. The highest BCUT2D eigenvalue weighted by molar-refractivity contribution is 9.09. The SMILES string of the molecule is CC1(CBr)CCN(CC2CCC2)C1. The molecule has 0 aromatic heterocycles. The summed E-state index contributed by atoms with van der Waals surface area (Å²) < 4.78 is 0. The quantitative estimate of drug-likeness (QED) is 0.692. The second kappa shape index (κ2) is 3.90. The first-order valence-corrected chi connectivity index (χ1v) is 6.62. The Morgan fingerprint density at radius 1 is 1.46 bits per heavy atom. The molecule has 1 saturated heterocycles. The first-order chi connectivity index (χ1) is 6.22. The lowest BCUT2D eigenvalue weighted by Crippen LogP contribution is -2.32. The number of hydrogen-bond acceptors (Lipinski definition) is 1. The van der Waals surface area contributed by atoms with Crippen LogP contribution in [0.2, 0.25) is 0 Å². The molecule has 2 aliphatic rings. The van der Waals surface area contributed by atoms with E-state index >= 15 is 0 Å². The van der Waals surface area contributed by atoms with Crippen molar-refractivity contribution >= 4 is 15.9 Å². The fourth-order valence-electron chi connectivity index (χ4n) is 2.43. The molecule has 0 aromatic rings. The Hall–Kier alpha value is 0.440. The summed E-state index contributed by atoms with van der Waals surface area (Å²) in [6.07, 6.45) is 5.84. The number of halogens is 1. The van der Waals surface area contributed by atoms with E-state index in [9.17, 15) is 0 Å². The highest BCUT2D eigenvalue weighted by Gasteiger charge is 2.34. The zero-order chi connectivity index (χ0) is 9.31. The molecule has 1 nitrogen and oxygen atoms in total. The molecule has 0 N–H and O–H groups in total. The fraction of sp³-hybridized carbons (Fsp3) is 1.00. The Morgan fingerprint density at radius 2 is 2.23 bits per heavy atom. The van der Waals surface area contributed by atoms with E-state index in [-0.39, 0.29) is 0 Å². The van der Waals surface area contributed by atoms with Crippen LogP contribution in [0.5, 0.6) is 0 Å². The molecule has 1 saturated carbocycles. The van der Waals surface area contributed by atoms with Gasteiger partial charge in [0, 0.05) is 18.4 Å². The number of likely N-dealkylation sites (tertiary alicyclic amines) is 1. The van der Waals surface area contributed by atoms with E-state index in [1.807, 2.05) is 0 Å². The molecule has 1 aliphatic heterocycles. The topological polar surface area (TPSA) is 3.24 Å². The van der Waals surface area contributed by atoms with Gasteiger partial charge in [-0.1, -0.05) is 29.3 Å². The van der Waals surface area contributed by atoms with Crippen molar-refractivity contribution in [2.24, 2.45) is 11.3 Å². The predicted octanol–water partition coefficient (Wildman–Crippen LogP) is 2.89. The van der Waals surface area contributed by atoms with Crippen LogP contribution in [0.3, 0.4) is 0 Å². The highest BCUT2D eigenvalue weighted by Crippen LogP contribution is 2.34. The van der Waals surface area contributed by atoms with E-state index in [1.54, 1.807) is 0 Å². The van der Waals surface area contributed by atoms with Gasteiger partial charge in [0.05, 0.1) is 0 Å². The molecule has 2 rings (SSSR count). The zero-order valence-electron chi connectivity index (χ0n) is 8.56. The first-order valence-electron chi connectivity index (χ1n) is 5.50. The van der Waals surface area contributed by atoms with Gasteiger partial charge in [-0.2, -0.15) is 0 Å². The molecule has 76 valence electrons.